The summed E-state index contributed by atoms with van der Waals surface area (Å²) in [5.74, 6) is 0. The number of rotatable bonds is 3. The zero-order valence-corrected chi connectivity index (χ0v) is 7.87. The minimum Gasteiger partial charge on any atom is -0.393 e. The molecule has 1 heterocycles. The number of piperidine rings is 1. The minimum absolute atomic E-state index is 0.0636. The highest BCUT2D eigenvalue weighted by Crippen LogP contribution is 2.13. The summed E-state index contributed by atoms with van der Waals surface area (Å²) in [6, 6.07) is 0.586. The molecule has 1 aliphatic rings. The zero-order valence-electron chi connectivity index (χ0n) is 7.87. The van der Waals surface area contributed by atoms with Crippen LogP contribution in [0.5, 0.6) is 0 Å². The van der Waals surface area contributed by atoms with Crippen molar-refractivity contribution in [3.05, 3.63) is 0 Å². The van der Waals surface area contributed by atoms with E-state index in [1.165, 1.54) is 0 Å². The van der Waals surface area contributed by atoms with Crippen LogP contribution in [-0.2, 0) is 0 Å². The van der Waals surface area contributed by atoms with Gasteiger partial charge in [-0.15, -0.1) is 0 Å². The fraction of sp³-hybridized carbons (Fsp3) is 1.00. The number of likely N-dealkylation sites (tertiary alicyclic amines) is 1. The van der Waals surface area contributed by atoms with Gasteiger partial charge >= 0.3 is 0 Å². The molecule has 0 amide bonds. The van der Waals surface area contributed by atoms with Crippen molar-refractivity contribution in [3.63, 3.8) is 0 Å². The average Bonchev–Trinajstić information content (AvgIpc) is 2.06. The van der Waals surface area contributed by atoms with Gasteiger partial charge < -0.3 is 15.7 Å². The van der Waals surface area contributed by atoms with Crippen molar-refractivity contribution in [2.45, 2.75) is 38.3 Å². The lowest BCUT2D eigenvalue weighted by Gasteiger charge is -2.34. The maximum absolute atomic E-state index is 9.29. The fourth-order valence-electron chi connectivity index (χ4n) is 1.75. The highest BCUT2D eigenvalue weighted by Gasteiger charge is 2.20. The number of hydrogen-bond donors (Lipinski definition) is 2. The van der Waals surface area contributed by atoms with Gasteiger partial charge in [0.2, 0.25) is 0 Å². The largest absolute Gasteiger partial charge is 0.393 e. The van der Waals surface area contributed by atoms with E-state index in [0.29, 0.717) is 6.04 Å². The van der Waals surface area contributed by atoms with Crippen molar-refractivity contribution < 1.29 is 5.11 Å². The van der Waals surface area contributed by atoms with Gasteiger partial charge in [0.05, 0.1) is 6.10 Å². The molecular weight excluding hydrogens is 152 g/mol. The predicted molar refractivity (Wildman–Crippen MR) is 49.9 cm³/mol. The third-order valence-electron chi connectivity index (χ3n) is 2.71. The first-order chi connectivity index (χ1) is 5.74. The lowest BCUT2D eigenvalue weighted by molar-refractivity contribution is 0.0633. The summed E-state index contributed by atoms with van der Waals surface area (Å²) < 4.78 is 0. The van der Waals surface area contributed by atoms with Gasteiger partial charge in [-0.3, -0.25) is 0 Å². The second kappa shape index (κ2) is 4.80. The summed E-state index contributed by atoms with van der Waals surface area (Å²) in [5, 5.41) is 9.29. The Morgan fingerprint density at radius 1 is 1.50 bits per heavy atom. The van der Waals surface area contributed by atoms with E-state index in [-0.39, 0.29) is 6.10 Å². The van der Waals surface area contributed by atoms with Crippen LogP contribution in [0.1, 0.15) is 26.2 Å². The third-order valence-corrected chi connectivity index (χ3v) is 2.71. The summed E-state index contributed by atoms with van der Waals surface area (Å²) in [7, 11) is 0. The second-order valence-electron chi connectivity index (χ2n) is 3.69. The molecule has 72 valence electrons. The third kappa shape index (κ3) is 2.73. The Bertz CT molecular complexity index is 122. The van der Waals surface area contributed by atoms with Crippen LogP contribution in [0.15, 0.2) is 0 Å². The van der Waals surface area contributed by atoms with Crippen molar-refractivity contribution >= 4 is 0 Å². The van der Waals surface area contributed by atoms with Crippen molar-refractivity contribution in [1.82, 2.24) is 4.90 Å². The van der Waals surface area contributed by atoms with Crippen molar-refractivity contribution in [3.8, 4) is 0 Å². The van der Waals surface area contributed by atoms with Gasteiger partial charge in [-0.05, 0) is 32.7 Å². The summed E-state index contributed by atoms with van der Waals surface area (Å²) in [6.45, 7) is 5.04. The monoisotopic (exact) mass is 172 g/mol. The van der Waals surface area contributed by atoms with Crippen LogP contribution in [0.3, 0.4) is 0 Å². The highest BCUT2D eigenvalue weighted by atomic mass is 16.3. The van der Waals surface area contributed by atoms with E-state index >= 15 is 0 Å². The molecular formula is C9H20N2O. The molecule has 1 rings (SSSR count). The number of nitrogens with two attached hydrogens (primary N) is 1. The molecule has 0 spiro atoms. The first-order valence-electron chi connectivity index (χ1n) is 4.86. The van der Waals surface area contributed by atoms with Crippen molar-refractivity contribution in [1.29, 1.82) is 0 Å². The lowest BCUT2D eigenvalue weighted by Crippen LogP contribution is -2.42. The molecule has 0 aromatic carbocycles. The number of hydrogen-bond acceptors (Lipinski definition) is 3. The Morgan fingerprint density at radius 2 is 2.08 bits per heavy atom. The van der Waals surface area contributed by atoms with Gasteiger partial charge in [0.15, 0.2) is 0 Å². The molecule has 1 atom stereocenters. The quantitative estimate of drug-likeness (QED) is 0.638. The molecule has 3 nitrogen and oxygen atoms in total. The van der Waals surface area contributed by atoms with E-state index in [1.807, 2.05) is 0 Å². The standard InChI is InChI=1S/C9H20N2O/c1-8(2-5-10)11-6-3-9(12)4-7-11/h8-9,12H,2-7,10H2,1H3. The molecule has 0 saturated carbocycles. The number of nitrogens with zero attached hydrogens (tertiary/aromatic N) is 1. The first-order valence-corrected chi connectivity index (χ1v) is 4.86. The van der Waals surface area contributed by atoms with Gasteiger partial charge in [0.1, 0.15) is 0 Å². The maximum atomic E-state index is 9.29. The molecule has 3 heteroatoms. The Morgan fingerprint density at radius 3 is 2.58 bits per heavy atom. The molecule has 3 N–H and O–H groups in total. The van der Waals surface area contributed by atoms with Crippen LogP contribution in [-0.4, -0.2) is 41.8 Å². The van der Waals surface area contributed by atoms with Crippen LogP contribution >= 0.6 is 0 Å². The van der Waals surface area contributed by atoms with Crippen LogP contribution in [0.25, 0.3) is 0 Å². The van der Waals surface area contributed by atoms with E-state index in [0.717, 1.165) is 38.9 Å². The van der Waals surface area contributed by atoms with E-state index in [1.54, 1.807) is 0 Å². The highest BCUT2D eigenvalue weighted by molar-refractivity contribution is 4.75. The molecule has 1 unspecified atom stereocenters. The van der Waals surface area contributed by atoms with Crippen LogP contribution in [0.2, 0.25) is 0 Å². The summed E-state index contributed by atoms with van der Waals surface area (Å²) in [5.41, 5.74) is 5.49. The SMILES string of the molecule is CC(CCN)N1CCC(O)CC1. The smallest absolute Gasteiger partial charge is 0.0564 e. The fourth-order valence-corrected chi connectivity index (χ4v) is 1.75. The van der Waals surface area contributed by atoms with Crippen LogP contribution in [0, 0.1) is 0 Å². The van der Waals surface area contributed by atoms with Crippen LogP contribution < -0.4 is 5.73 Å². The van der Waals surface area contributed by atoms with E-state index in [4.69, 9.17) is 5.73 Å². The molecule has 1 aliphatic heterocycles. The van der Waals surface area contributed by atoms with Crippen LogP contribution in [0.4, 0.5) is 0 Å². The van der Waals surface area contributed by atoms with E-state index in [9.17, 15) is 5.11 Å². The van der Waals surface area contributed by atoms with Crippen molar-refractivity contribution in [2.24, 2.45) is 5.73 Å². The Kier molecular flexibility index (Phi) is 3.98. The van der Waals surface area contributed by atoms with Gasteiger partial charge in [0.25, 0.3) is 0 Å². The first kappa shape index (κ1) is 9.96. The summed E-state index contributed by atoms with van der Waals surface area (Å²) in [6.07, 6.45) is 2.85. The minimum atomic E-state index is -0.0636. The summed E-state index contributed by atoms with van der Waals surface area (Å²) >= 11 is 0. The molecule has 0 radical (unpaired) electrons. The zero-order chi connectivity index (χ0) is 8.97. The molecule has 1 saturated heterocycles. The Labute approximate surface area is 74.5 Å². The molecule has 0 aromatic heterocycles. The summed E-state index contributed by atoms with van der Waals surface area (Å²) in [4.78, 5) is 2.42. The van der Waals surface area contributed by atoms with Gasteiger partial charge in [0, 0.05) is 19.1 Å². The Hall–Kier alpha value is -0.120. The van der Waals surface area contributed by atoms with Gasteiger partial charge in [-0.25, -0.2) is 0 Å². The number of aliphatic hydroxyl groups excluding tert-OH is 1. The normalized spacial score (nSPS) is 24.2. The van der Waals surface area contributed by atoms with Crippen molar-refractivity contribution in [2.75, 3.05) is 19.6 Å². The number of aliphatic hydroxyl groups is 1. The lowest BCUT2D eigenvalue weighted by atomic mass is 10.1. The Balaban J connectivity index is 2.24. The van der Waals surface area contributed by atoms with Gasteiger partial charge in [-0.1, -0.05) is 0 Å². The van der Waals surface area contributed by atoms with Gasteiger partial charge in [-0.2, -0.15) is 0 Å². The average molecular weight is 172 g/mol. The molecule has 0 aromatic rings. The second-order valence-corrected chi connectivity index (χ2v) is 3.69. The predicted octanol–water partition coefficient (Wildman–Crippen LogP) is 0.180. The van der Waals surface area contributed by atoms with E-state index < -0.39 is 0 Å². The molecule has 0 aliphatic carbocycles. The van der Waals surface area contributed by atoms with E-state index in [2.05, 4.69) is 11.8 Å². The maximum Gasteiger partial charge on any atom is 0.0564 e. The molecule has 12 heavy (non-hydrogen) atoms. The topological polar surface area (TPSA) is 49.5 Å². The molecule has 1 fully saturated rings. The molecule has 0 bridgehead atoms.